The van der Waals surface area contributed by atoms with Crippen molar-refractivity contribution in [2.24, 2.45) is 0 Å². The number of nitrogens with zero attached hydrogens (tertiary/aromatic N) is 1. The van der Waals surface area contributed by atoms with Gasteiger partial charge >= 0.3 is 0 Å². The van der Waals surface area contributed by atoms with Gasteiger partial charge in [0.15, 0.2) is 11.5 Å². The Bertz CT molecular complexity index is 734. The van der Waals surface area contributed by atoms with E-state index in [2.05, 4.69) is 60.5 Å². The summed E-state index contributed by atoms with van der Waals surface area (Å²) >= 11 is 0. The molecule has 0 bridgehead atoms. The predicted octanol–water partition coefficient (Wildman–Crippen LogP) is 3.92. The molecule has 26 heavy (non-hydrogen) atoms. The second kappa shape index (κ2) is 7.68. The Kier molecular flexibility index (Phi) is 5.14. The van der Waals surface area contributed by atoms with Crippen molar-refractivity contribution >= 4 is 0 Å². The van der Waals surface area contributed by atoms with E-state index in [1.165, 1.54) is 23.1 Å². The quantitative estimate of drug-likeness (QED) is 0.904. The lowest BCUT2D eigenvalue weighted by Crippen LogP contribution is -2.33. The monoisotopic (exact) mass is 352 g/mol. The van der Waals surface area contributed by atoms with Gasteiger partial charge in [0.25, 0.3) is 0 Å². The topological polar surface area (TPSA) is 33.7 Å². The number of nitrogens with one attached hydrogen (secondary N) is 1. The molecule has 2 aliphatic rings. The zero-order valence-corrected chi connectivity index (χ0v) is 15.7. The molecule has 138 valence electrons. The number of fused-ring (bicyclic) bond motifs is 1. The molecule has 2 aromatic carbocycles. The SMILES string of the molecule is CC(C)c1ccc(C(c2ccc3c(c2)OCO3)N2CCCNCC2)cc1. The summed E-state index contributed by atoms with van der Waals surface area (Å²) in [4.78, 5) is 2.59. The molecule has 0 radical (unpaired) electrons. The van der Waals surface area contributed by atoms with E-state index < -0.39 is 0 Å². The second-order valence-corrected chi connectivity index (χ2v) is 7.48. The summed E-state index contributed by atoms with van der Waals surface area (Å²) in [7, 11) is 0. The molecule has 1 atom stereocenters. The van der Waals surface area contributed by atoms with Crippen LogP contribution in [-0.2, 0) is 0 Å². The van der Waals surface area contributed by atoms with Gasteiger partial charge in [-0.2, -0.15) is 0 Å². The summed E-state index contributed by atoms with van der Waals surface area (Å²) in [5.41, 5.74) is 4.00. The van der Waals surface area contributed by atoms with Gasteiger partial charge in [-0.05, 0) is 47.7 Å². The van der Waals surface area contributed by atoms with E-state index in [0.29, 0.717) is 12.7 Å². The number of rotatable bonds is 4. The van der Waals surface area contributed by atoms with E-state index in [-0.39, 0.29) is 6.04 Å². The van der Waals surface area contributed by atoms with Crippen LogP contribution < -0.4 is 14.8 Å². The Balaban J connectivity index is 1.71. The minimum absolute atomic E-state index is 0.241. The highest BCUT2D eigenvalue weighted by Gasteiger charge is 2.25. The Morgan fingerprint density at radius 1 is 0.846 bits per heavy atom. The molecule has 0 amide bonds. The minimum Gasteiger partial charge on any atom is -0.454 e. The maximum atomic E-state index is 5.63. The summed E-state index contributed by atoms with van der Waals surface area (Å²) in [5.74, 6) is 2.26. The molecule has 2 heterocycles. The van der Waals surface area contributed by atoms with E-state index in [9.17, 15) is 0 Å². The Hall–Kier alpha value is -2.04. The molecule has 0 spiro atoms. The van der Waals surface area contributed by atoms with Gasteiger partial charge in [-0.25, -0.2) is 0 Å². The van der Waals surface area contributed by atoms with Crippen molar-refractivity contribution in [3.63, 3.8) is 0 Å². The summed E-state index contributed by atoms with van der Waals surface area (Å²) in [6.45, 7) is 9.07. The van der Waals surface area contributed by atoms with Crippen LogP contribution in [0.25, 0.3) is 0 Å². The molecule has 1 N–H and O–H groups in total. The van der Waals surface area contributed by atoms with Crippen LogP contribution in [0.1, 0.15) is 48.9 Å². The first-order valence-electron chi connectivity index (χ1n) is 9.66. The van der Waals surface area contributed by atoms with Crippen molar-refractivity contribution < 1.29 is 9.47 Å². The second-order valence-electron chi connectivity index (χ2n) is 7.48. The first-order chi connectivity index (χ1) is 12.7. The Morgan fingerprint density at radius 3 is 2.38 bits per heavy atom. The fourth-order valence-corrected chi connectivity index (χ4v) is 3.89. The van der Waals surface area contributed by atoms with E-state index in [1.54, 1.807) is 0 Å². The molecular weight excluding hydrogens is 324 g/mol. The smallest absolute Gasteiger partial charge is 0.231 e. The number of ether oxygens (including phenoxy) is 2. The summed E-state index contributed by atoms with van der Waals surface area (Å²) in [6.07, 6.45) is 1.17. The molecule has 4 heteroatoms. The Labute approximate surface area is 156 Å². The predicted molar refractivity (Wildman–Crippen MR) is 104 cm³/mol. The highest BCUT2D eigenvalue weighted by Crippen LogP contribution is 2.38. The average molecular weight is 352 g/mol. The molecule has 2 aliphatic heterocycles. The largest absolute Gasteiger partial charge is 0.454 e. The molecule has 1 unspecified atom stereocenters. The summed E-state index contributed by atoms with van der Waals surface area (Å²) in [6, 6.07) is 15.8. The highest BCUT2D eigenvalue weighted by atomic mass is 16.7. The van der Waals surface area contributed by atoms with Crippen LogP contribution in [0.2, 0.25) is 0 Å². The van der Waals surface area contributed by atoms with E-state index >= 15 is 0 Å². The zero-order valence-electron chi connectivity index (χ0n) is 15.7. The third-order valence-corrected chi connectivity index (χ3v) is 5.37. The van der Waals surface area contributed by atoms with E-state index in [0.717, 1.165) is 37.7 Å². The number of hydrogen-bond acceptors (Lipinski definition) is 4. The van der Waals surface area contributed by atoms with Gasteiger partial charge < -0.3 is 14.8 Å². The average Bonchev–Trinajstić information content (AvgIpc) is 2.96. The molecule has 0 aliphatic carbocycles. The van der Waals surface area contributed by atoms with Crippen LogP contribution in [0, 0.1) is 0 Å². The third kappa shape index (κ3) is 3.57. The molecule has 1 fully saturated rings. The standard InChI is InChI=1S/C22H28N2O2/c1-16(2)17-4-6-18(7-5-17)22(24-12-3-10-23-11-13-24)19-8-9-20-21(14-19)26-15-25-20/h4-9,14,16,22-23H,3,10-13,15H2,1-2H3. The van der Waals surface area contributed by atoms with Crippen LogP contribution in [-0.4, -0.2) is 37.9 Å². The van der Waals surface area contributed by atoms with Crippen molar-refractivity contribution in [3.05, 3.63) is 59.2 Å². The summed E-state index contributed by atoms with van der Waals surface area (Å²) in [5, 5.41) is 3.51. The molecule has 0 aromatic heterocycles. The van der Waals surface area contributed by atoms with Crippen LogP contribution in [0.5, 0.6) is 11.5 Å². The van der Waals surface area contributed by atoms with Gasteiger partial charge in [0, 0.05) is 19.6 Å². The minimum atomic E-state index is 0.241. The van der Waals surface area contributed by atoms with Crippen molar-refractivity contribution in [2.45, 2.75) is 32.2 Å². The van der Waals surface area contributed by atoms with Crippen LogP contribution in [0.15, 0.2) is 42.5 Å². The lowest BCUT2D eigenvalue weighted by molar-refractivity contribution is 0.173. The third-order valence-electron chi connectivity index (χ3n) is 5.37. The van der Waals surface area contributed by atoms with Gasteiger partial charge in [0.1, 0.15) is 0 Å². The van der Waals surface area contributed by atoms with Crippen molar-refractivity contribution in [1.82, 2.24) is 10.2 Å². The van der Waals surface area contributed by atoms with E-state index in [1.807, 2.05) is 6.07 Å². The van der Waals surface area contributed by atoms with Crippen LogP contribution in [0.3, 0.4) is 0 Å². The number of benzene rings is 2. The zero-order chi connectivity index (χ0) is 17.9. The lowest BCUT2D eigenvalue weighted by atomic mass is 9.93. The molecule has 1 saturated heterocycles. The normalized spacial score (nSPS) is 18.7. The van der Waals surface area contributed by atoms with Gasteiger partial charge in [0.05, 0.1) is 6.04 Å². The molecule has 2 aromatic rings. The maximum absolute atomic E-state index is 5.63. The summed E-state index contributed by atoms with van der Waals surface area (Å²) < 4.78 is 11.1. The molecular formula is C22H28N2O2. The number of hydrogen-bond donors (Lipinski definition) is 1. The fraction of sp³-hybridized carbons (Fsp3) is 0.455. The van der Waals surface area contributed by atoms with Crippen LogP contribution in [0.4, 0.5) is 0 Å². The van der Waals surface area contributed by atoms with Crippen molar-refractivity contribution in [2.75, 3.05) is 33.0 Å². The van der Waals surface area contributed by atoms with Crippen molar-refractivity contribution in [3.8, 4) is 11.5 Å². The maximum Gasteiger partial charge on any atom is 0.231 e. The van der Waals surface area contributed by atoms with Gasteiger partial charge in [-0.15, -0.1) is 0 Å². The van der Waals surface area contributed by atoms with Gasteiger partial charge in [-0.3, -0.25) is 4.90 Å². The fourth-order valence-electron chi connectivity index (χ4n) is 3.89. The molecule has 4 nitrogen and oxygen atoms in total. The van der Waals surface area contributed by atoms with Gasteiger partial charge in [0.2, 0.25) is 6.79 Å². The van der Waals surface area contributed by atoms with Crippen molar-refractivity contribution in [1.29, 1.82) is 0 Å². The Morgan fingerprint density at radius 2 is 1.58 bits per heavy atom. The van der Waals surface area contributed by atoms with E-state index in [4.69, 9.17) is 9.47 Å². The lowest BCUT2D eigenvalue weighted by Gasteiger charge is -2.31. The first kappa shape index (κ1) is 17.4. The van der Waals surface area contributed by atoms with Crippen LogP contribution >= 0.6 is 0 Å². The molecule has 0 saturated carbocycles. The molecule has 4 rings (SSSR count). The highest BCUT2D eigenvalue weighted by molar-refractivity contribution is 5.47. The first-order valence-corrected chi connectivity index (χ1v) is 9.66. The van der Waals surface area contributed by atoms with Gasteiger partial charge in [-0.1, -0.05) is 44.2 Å².